The molecule has 2 atom stereocenters. The van der Waals surface area contributed by atoms with Crippen molar-refractivity contribution >= 4 is 17.5 Å². The average molecular weight is 351 g/mol. The minimum Gasteiger partial charge on any atom is -0.338 e. The predicted molar refractivity (Wildman–Crippen MR) is 90.1 cm³/mol. The van der Waals surface area contributed by atoms with Crippen molar-refractivity contribution in [1.29, 1.82) is 0 Å². The van der Waals surface area contributed by atoms with E-state index < -0.39 is 17.6 Å². The van der Waals surface area contributed by atoms with Crippen molar-refractivity contribution < 1.29 is 18.4 Å². The van der Waals surface area contributed by atoms with Gasteiger partial charge in [-0.05, 0) is 31.5 Å². The number of anilines is 1. The third-order valence-electron chi connectivity index (χ3n) is 4.90. The van der Waals surface area contributed by atoms with Crippen LogP contribution in [-0.4, -0.2) is 48.9 Å². The zero-order chi connectivity index (χ0) is 18.0. The van der Waals surface area contributed by atoms with E-state index in [1.807, 2.05) is 11.8 Å². The van der Waals surface area contributed by atoms with Gasteiger partial charge < -0.3 is 15.1 Å². The Morgan fingerprint density at radius 2 is 2.20 bits per heavy atom. The van der Waals surface area contributed by atoms with Gasteiger partial charge in [-0.15, -0.1) is 0 Å². The van der Waals surface area contributed by atoms with Crippen molar-refractivity contribution in [2.75, 3.05) is 31.1 Å². The molecular weight excluding hydrogens is 328 g/mol. The molecule has 0 spiro atoms. The standard InChI is InChI=1S/C18H23F2N3O2/c1-2-7-22(14-5-6-21-10-14)18(25)12-8-17(24)23(11-12)16-4-3-13(19)9-15(16)20/h3-4,9,12,14,21H,2,5-8,10-11H2,1H3. The fourth-order valence-corrected chi connectivity index (χ4v) is 3.66. The molecule has 5 nitrogen and oxygen atoms in total. The van der Waals surface area contributed by atoms with Gasteiger partial charge >= 0.3 is 0 Å². The summed E-state index contributed by atoms with van der Waals surface area (Å²) in [5, 5.41) is 3.26. The van der Waals surface area contributed by atoms with E-state index in [1.165, 1.54) is 11.0 Å². The van der Waals surface area contributed by atoms with Crippen molar-refractivity contribution in [2.45, 2.75) is 32.2 Å². The van der Waals surface area contributed by atoms with Crippen molar-refractivity contribution in [3.63, 3.8) is 0 Å². The smallest absolute Gasteiger partial charge is 0.228 e. The van der Waals surface area contributed by atoms with Gasteiger partial charge in [-0.1, -0.05) is 6.92 Å². The van der Waals surface area contributed by atoms with E-state index in [2.05, 4.69) is 5.32 Å². The number of carbonyl (C=O) groups is 2. The molecule has 2 amide bonds. The zero-order valence-electron chi connectivity index (χ0n) is 14.3. The predicted octanol–water partition coefficient (Wildman–Crippen LogP) is 1.92. The van der Waals surface area contributed by atoms with Crippen LogP contribution < -0.4 is 10.2 Å². The van der Waals surface area contributed by atoms with Crippen LogP contribution in [0, 0.1) is 17.6 Å². The first-order chi connectivity index (χ1) is 12.0. The highest BCUT2D eigenvalue weighted by Crippen LogP contribution is 2.29. The highest BCUT2D eigenvalue weighted by molar-refractivity contribution is 6.00. The van der Waals surface area contributed by atoms with E-state index >= 15 is 0 Å². The molecule has 1 aromatic carbocycles. The van der Waals surface area contributed by atoms with Crippen LogP contribution in [0.3, 0.4) is 0 Å². The largest absolute Gasteiger partial charge is 0.338 e. The molecule has 0 saturated carbocycles. The topological polar surface area (TPSA) is 52.7 Å². The lowest BCUT2D eigenvalue weighted by molar-refractivity contribution is -0.137. The molecule has 0 aromatic heterocycles. The number of halogens is 2. The Hall–Kier alpha value is -2.02. The Labute approximate surface area is 146 Å². The lowest BCUT2D eigenvalue weighted by Gasteiger charge is -2.30. The van der Waals surface area contributed by atoms with E-state index in [0.717, 1.165) is 38.1 Å². The minimum absolute atomic E-state index is 0.0336. The molecule has 2 saturated heterocycles. The molecule has 0 bridgehead atoms. The first kappa shape index (κ1) is 17.8. The number of benzene rings is 1. The number of amides is 2. The van der Waals surface area contributed by atoms with Gasteiger partial charge in [0.05, 0.1) is 11.6 Å². The number of nitrogens with zero attached hydrogens (tertiary/aromatic N) is 2. The molecule has 25 heavy (non-hydrogen) atoms. The highest BCUT2D eigenvalue weighted by Gasteiger charge is 2.39. The summed E-state index contributed by atoms with van der Waals surface area (Å²) in [7, 11) is 0. The molecule has 0 aliphatic carbocycles. The van der Waals surface area contributed by atoms with Crippen LogP contribution in [0.25, 0.3) is 0 Å². The number of nitrogens with one attached hydrogen (secondary N) is 1. The molecule has 2 unspecified atom stereocenters. The molecule has 2 heterocycles. The Balaban J connectivity index is 1.75. The lowest BCUT2D eigenvalue weighted by Crippen LogP contribution is -2.45. The molecule has 3 rings (SSSR count). The van der Waals surface area contributed by atoms with Gasteiger partial charge in [-0.3, -0.25) is 9.59 Å². The zero-order valence-corrected chi connectivity index (χ0v) is 14.3. The van der Waals surface area contributed by atoms with Gasteiger partial charge in [0, 0.05) is 38.2 Å². The number of hydrogen-bond acceptors (Lipinski definition) is 3. The normalized spacial score (nSPS) is 23.3. The van der Waals surface area contributed by atoms with Crippen LogP contribution in [0.15, 0.2) is 18.2 Å². The van der Waals surface area contributed by atoms with Crippen molar-refractivity contribution in [2.24, 2.45) is 5.92 Å². The second-order valence-corrected chi connectivity index (χ2v) is 6.68. The van der Waals surface area contributed by atoms with Crippen molar-refractivity contribution in [3.8, 4) is 0 Å². The second-order valence-electron chi connectivity index (χ2n) is 6.68. The number of carbonyl (C=O) groups excluding carboxylic acids is 2. The molecule has 7 heteroatoms. The summed E-state index contributed by atoms with van der Waals surface area (Å²) in [6.07, 6.45) is 1.82. The molecule has 2 aliphatic heterocycles. The quantitative estimate of drug-likeness (QED) is 0.882. The summed E-state index contributed by atoms with van der Waals surface area (Å²) in [6, 6.07) is 3.28. The summed E-state index contributed by atoms with van der Waals surface area (Å²) in [4.78, 5) is 28.4. The Bertz CT molecular complexity index is 662. The Morgan fingerprint density at radius 1 is 1.40 bits per heavy atom. The first-order valence-corrected chi connectivity index (χ1v) is 8.78. The maximum atomic E-state index is 14.0. The Morgan fingerprint density at radius 3 is 2.84 bits per heavy atom. The number of hydrogen-bond donors (Lipinski definition) is 1. The summed E-state index contributed by atoms with van der Waals surface area (Å²) < 4.78 is 27.1. The monoisotopic (exact) mass is 351 g/mol. The maximum Gasteiger partial charge on any atom is 0.228 e. The van der Waals surface area contributed by atoms with Crippen molar-refractivity contribution in [1.82, 2.24) is 10.2 Å². The summed E-state index contributed by atoms with van der Waals surface area (Å²) >= 11 is 0. The van der Waals surface area contributed by atoms with Gasteiger partial charge in [0.25, 0.3) is 0 Å². The third kappa shape index (κ3) is 3.66. The van der Waals surface area contributed by atoms with Gasteiger partial charge in [-0.25, -0.2) is 8.78 Å². The van der Waals surface area contributed by atoms with Gasteiger partial charge in [0.1, 0.15) is 11.6 Å². The average Bonchev–Trinajstić information content (AvgIpc) is 3.22. The van der Waals surface area contributed by atoms with Crippen LogP contribution in [-0.2, 0) is 9.59 Å². The van der Waals surface area contributed by atoms with E-state index in [4.69, 9.17) is 0 Å². The van der Waals surface area contributed by atoms with Crippen LogP contribution in [0.2, 0.25) is 0 Å². The summed E-state index contributed by atoms with van der Waals surface area (Å²) in [5.74, 6) is -2.31. The van der Waals surface area contributed by atoms with E-state index in [-0.39, 0.29) is 36.5 Å². The van der Waals surface area contributed by atoms with Crippen LogP contribution in [0.5, 0.6) is 0 Å². The molecule has 1 aromatic rings. The molecular formula is C18H23F2N3O2. The molecule has 136 valence electrons. The van der Waals surface area contributed by atoms with Crippen LogP contribution >= 0.6 is 0 Å². The van der Waals surface area contributed by atoms with E-state index in [9.17, 15) is 18.4 Å². The fourth-order valence-electron chi connectivity index (χ4n) is 3.66. The fraction of sp³-hybridized carbons (Fsp3) is 0.556. The SMILES string of the molecule is CCCN(C(=O)C1CC(=O)N(c2ccc(F)cc2F)C1)C1CCNC1. The van der Waals surface area contributed by atoms with Crippen LogP contribution in [0.1, 0.15) is 26.2 Å². The molecule has 2 fully saturated rings. The third-order valence-corrected chi connectivity index (χ3v) is 4.90. The van der Waals surface area contributed by atoms with Crippen LogP contribution in [0.4, 0.5) is 14.5 Å². The first-order valence-electron chi connectivity index (χ1n) is 8.78. The summed E-state index contributed by atoms with van der Waals surface area (Å²) in [5.41, 5.74) is 0.0336. The van der Waals surface area contributed by atoms with Crippen molar-refractivity contribution in [3.05, 3.63) is 29.8 Å². The molecule has 1 N–H and O–H groups in total. The van der Waals surface area contributed by atoms with Gasteiger partial charge in [0.15, 0.2) is 0 Å². The van der Waals surface area contributed by atoms with Gasteiger partial charge in [0.2, 0.25) is 11.8 Å². The Kier molecular flexibility index (Phi) is 5.32. The molecule has 0 radical (unpaired) electrons. The second kappa shape index (κ2) is 7.47. The highest BCUT2D eigenvalue weighted by atomic mass is 19.1. The van der Waals surface area contributed by atoms with E-state index in [1.54, 1.807) is 0 Å². The summed E-state index contributed by atoms with van der Waals surface area (Å²) in [6.45, 7) is 4.46. The maximum absolute atomic E-state index is 14.0. The lowest BCUT2D eigenvalue weighted by atomic mass is 10.0. The molecule has 2 aliphatic rings. The number of rotatable bonds is 5. The van der Waals surface area contributed by atoms with Gasteiger partial charge in [-0.2, -0.15) is 0 Å². The van der Waals surface area contributed by atoms with E-state index in [0.29, 0.717) is 6.54 Å². The minimum atomic E-state index is -0.785.